The molecule has 108 valence electrons. The molecular formula is C16H14BrNO2S. The highest BCUT2D eigenvalue weighted by Crippen LogP contribution is 2.20. The predicted octanol–water partition coefficient (Wildman–Crippen LogP) is 4.38. The van der Waals surface area contributed by atoms with E-state index < -0.39 is 0 Å². The average molecular weight is 364 g/mol. The van der Waals surface area contributed by atoms with Gasteiger partial charge in [-0.05, 0) is 43.3 Å². The van der Waals surface area contributed by atoms with Gasteiger partial charge in [0.05, 0.1) is 5.75 Å². The molecule has 0 spiro atoms. The van der Waals surface area contributed by atoms with E-state index in [2.05, 4.69) is 21.2 Å². The second kappa shape index (κ2) is 7.43. The Labute approximate surface area is 136 Å². The molecule has 0 aliphatic carbocycles. The molecule has 0 saturated heterocycles. The Bertz CT molecular complexity index is 656. The number of hydrogen-bond acceptors (Lipinski definition) is 3. The third-order valence-electron chi connectivity index (χ3n) is 2.74. The van der Waals surface area contributed by atoms with Crippen molar-refractivity contribution in [3.05, 3.63) is 58.6 Å². The zero-order chi connectivity index (χ0) is 15.2. The first kappa shape index (κ1) is 15.8. The van der Waals surface area contributed by atoms with Crippen LogP contribution in [0, 0.1) is 0 Å². The quantitative estimate of drug-likeness (QED) is 0.633. The van der Waals surface area contributed by atoms with Crippen molar-refractivity contribution in [2.24, 2.45) is 0 Å². The number of benzene rings is 2. The van der Waals surface area contributed by atoms with Crippen LogP contribution in [0.5, 0.6) is 0 Å². The summed E-state index contributed by atoms with van der Waals surface area (Å²) in [5, 5.41) is 2.83. The number of carbonyl (C=O) groups is 2. The molecule has 2 aromatic rings. The Kier molecular flexibility index (Phi) is 5.59. The highest BCUT2D eigenvalue weighted by Gasteiger charge is 2.05. The largest absolute Gasteiger partial charge is 0.325 e. The zero-order valence-electron chi connectivity index (χ0n) is 11.4. The molecule has 1 N–H and O–H groups in total. The third kappa shape index (κ3) is 5.02. The summed E-state index contributed by atoms with van der Waals surface area (Å²) in [4.78, 5) is 24.1. The number of Topliss-reactive ketones (excluding diaryl/α,β-unsaturated/α-hetero) is 1. The van der Waals surface area contributed by atoms with Crippen LogP contribution in [0.4, 0.5) is 5.69 Å². The minimum Gasteiger partial charge on any atom is -0.325 e. The Hall–Kier alpha value is -1.59. The summed E-state index contributed by atoms with van der Waals surface area (Å²) in [7, 11) is 0. The Morgan fingerprint density at radius 2 is 1.86 bits per heavy atom. The van der Waals surface area contributed by atoms with Gasteiger partial charge in [-0.15, -0.1) is 11.8 Å². The summed E-state index contributed by atoms with van der Waals surface area (Å²) in [6.07, 6.45) is 0. The molecule has 0 radical (unpaired) electrons. The summed E-state index contributed by atoms with van der Waals surface area (Å²) >= 11 is 4.76. The lowest BCUT2D eigenvalue weighted by atomic mass is 10.2. The molecule has 5 heteroatoms. The van der Waals surface area contributed by atoms with Crippen LogP contribution < -0.4 is 5.32 Å². The Morgan fingerprint density at radius 1 is 1.14 bits per heavy atom. The minimum absolute atomic E-state index is 0.0248. The van der Waals surface area contributed by atoms with Gasteiger partial charge in [0, 0.05) is 20.6 Å². The molecule has 0 atom stereocenters. The number of anilines is 1. The Balaban J connectivity index is 1.90. The van der Waals surface area contributed by atoms with Gasteiger partial charge in [-0.25, -0.2) is 0 Å². The molecule has 0 unspecified atom stereocenters. The van der Waals surface area contributed by atoms with Crippen LogP contribution in [0.1, 0.15) is 17.3 Å². The molecule has 3 nitrogen and oxygen atoms in total. The second-order valence-corrected chi connectivity index (χ2v) is 6.39. The lowest BCUT2D eigenvalue weighted by molar-refractivity contribution is -0.113. The van der Waals surface area contributed by atoms with Crippen LogP contribution in [-0.4, -0.2) is 17.4 Å². The van der Waals surface area contributed by atoms with E-state index in [1.165, 1.54) is 18.7 Å². The molecular weight excluding hydrogens is 350 g/mol. The molecule has 0 aliphatic rings. The number of rotatable bonds is 5. The van der Waals surface area contributed by atoms with E-state index in [-0.39, 0.29) is 11.7 Å². The summed E-state index contributed by atoms with van der Waals surface area (Å²) < 4.78 is 0.968. The summed E-state index contributed by atoms with van der Waals surface area (Å²) in [6.45, 7) is 1.53. The van der Waals surface area contributed by atoms with E-state index >= 15 is 0 Å². The molecule has 0 fully saturated rings. The van der Waals surface area contributed by atoms with E-state index in [1.54, 1.807) is 12.1 Å². The molecule has 0 aliphatic heterocycles. The summed E-state index contributed by atoms with van der Waals surface area (Å²) in [5.74, 6) is 0.254. The van der Waals surface area contributed by atoms with Gasteiger partial charge in [0.2, 0.25) is 5.91 Å². The lowest BCUT2D eigenvalue weighted by Gasteiger charge is -2.06. The first-order chi connectivity index (χ1) is 10.0. The fourth-order valence-electron chi connectivity index (χ4n) is 1.68. The molecule has 2 aromatic carbocycles. The van der Waals surface area contributed by atoms with Crippen molar-refractivity contribution >= 4 is 45.1 Å². The fraction of sp³-hybridized carbons (Fsp3) is 0.125. The SMILES string of the molecule is CC(=O)c1cccc(SCC(=O)Nc2ccc(Br)cc2)c1. The molecule has 0 bridgehead atoms. The van der Waals surface area contributed by atoms with Crippen molar-refractivity contribution in [1.29, 1.82) is 0 Å². The third-order valence-corrected chi connectivity index (χ3v) is 4.26. The van der Waals surface area contributed by atoms with Crippen molar-refractivity contribution in [3.63, 3.8) is 0 Å². The monoisotopic (exact) mass is 363 g/mol. The maximum Gasteiger partial charge on any atom is 0.234 e. The first-order valence-corrected chi connectivity index (χ1v) is 8.11. The van der Waals surface area contributed by atoms with Crippen molar-refractivity contribution in [1.82, 2.24) is 0 Å². The van der Waals surface area contributed by atoms with Crippen molar-refractivity contribution < 1.29 is 9.59 Å². The topological polar surface area (TPSA) is 46.2 Å². The number of carbonyl (C=O) groups excluding carboxylic acids is 2. The van der Waals surface area contributed by atoms with Gasteiger partial charge in [0.25, 0.3) is 0 Å². The highest BCUT2D eigenvalue weighted by atomic mass is 79.9. The van der Waals surface area contributed by atoms with Crippen LogP contribution in [0.15, 0.2) is 57.9 Å². The molecule has 0 heterocycles. The number of thioether (sulfide) groups is 1. The van der Waals surface area contributed by atoms with Crippen molar-refractivity contribution in [2.45, 2.75) is 11.8 Å². The van der Waals surface area contributed by atoms with Gasteiger partial charge in [-0.2, -0.15) is 0 Å². The van der Waals surface area contributed by atoms with Gasteiger partial charge in [0.1, 0.15) is 0 Å². The first-order valence-electron chi connectivity index (χ1n) is 6.34. The highest BCUT2D eigenvalue weighted by molar-refractivity contribution is 9.10. The predicted molar refractivity (Wildman–Crippen MR) is 89.9 cm³/mol. The number of halogens is 1. The molecule has 21 heavy (non-hydrogen) atoms. The lowest BCUT2D eigenvalue weighted by Crippen LogP contribution is -2.13. The fourth-order valence-corrected chi connectivity index (χ4v) is 2.70. The van der Waals surface area contributed by atoms with E-state index in [0.29, 0.717) is 11.3 Å². The van der Waals surface area contributed by atoms with Crippen LogP contribution >= 0.6 is 27.7 Å². The number of amides is 1. The van der Waals surface area contributed by atoms with Gasteiger partial charge in [0.15, 0.2) is 5.78 Å². The maximum absolute atomic E-state index is 11.9. The Morgan fingerprint density at radius 3 is 2.52 bits per heavy atom. The van der Waals surface area contributed by atoms with E-state index in [9.17, 15) is 9.59 Å². The summed E-state index contributed by atoms with van der Waals surface area (Å²) in [6, 6.07) is 14.7. The summed E-state index contributed by atoms with van der Waals surface area (Å²) in [5.41, 5.74) is 1.43. The number of ketones is 1. The molecule has 0 saturated carbocycles. The van der Waals surface area contributed by atoms with Gasteiger partial charge in [-0.3, -0.25) is 9.59 Å². The van der Waals surface area contributed by atoms with Gasteiger partial charge < -0.3 is 5.32 Å². The second-order valence-electron chi connectivity index (χ2n) is 4.43. The number of hydrogen-bond donors (Lipinski definition) is 1. The van der Waals surface area contributed by atoms with Crippen molar-refractivity contribution in [2.75, 3.05) is 11.1 Å². The van der Waals surface area contributed by atoms with E-state index in [1.807, 2.05) is 36.4 Å². The molecule has 0 aromatic heterocycles. The zero-order valence-corrected chi connectivity index (χ0v) is 13.8. The van der Waals surface area contributed by atoms with Crippen LogP contribution in [0.2, 0.25) is 0 Å². The maximum atomic E-state index is 11.9. The normalized spacial score (nSPS) is 10.2. The smallest absolute Gasteiger partial charge is 0.234 e. The van der Waals surface area contributed by atoms with Crippen LogP contribution in [-0.2, 0) is 4.79 Å². The standard InChI is InChI=1S/C16H14BrNO2S/c1-11(19)12-3-2-4-15(9-12)21-10-16(20)18-14-7-5-13(17)6-8-14/h2-9H,10H2,1H3,(H,18,20). The minimum atomic E-state index is -0.0736. The average Bonchev–Trinajstić information content (AvgIpc) is 2.48. The molecule has 1 amide bonds. The van der Waals surface area contributed by atoms with Crippen LogP contribution in [0.25, 0.3) is 0 Å². The van der Waals surface area contributed by atoms with E-state index in [4.69, 9.17) is 0 Å². The van der Waals surface area contributed by atoms with E-state index in [0.717, 1.165) is 15.1 Å². The van der Waals surface area contributed by atoms with Crippen molar-refractivity contribution in [3.8, 4) is 0 Å². The molecule has 2 rings (SSSR count). The van der Waals surface area contributed by atoms with Gasteiger partial charge in [-0.1, -0.05) is 28.1 Å². The van der Waals surface area contributed by atoms with Gasteiger partial charge >= 0.3 is 0 Å². The van der Waals surface area contributed by atoms with Crippen LogP contribution in [0.3, 0.4) is 0 Å². The number of nitrogens with one attached hydrogen (secondary N) is 1.